The average molecular weight is 288 g/mol. The molecule has 1 amide bonds. The van der Waals surface area contributed by atoms with Crippen molar-refractivity contribution in [3.8, 4) is 0 Å². The van der Waals surface area contributed by atoms with E-state index >= 15 is 0 Å². The van der Waals surface area contributed by atoms with Crippen LogP contribution in [0, 0.1) is 0 Å². The Balaban J connectivity index is 2.03. The summed E-state index contributed by atoms with van der Waals surface area (Å²) in [5, 5.41) is 3.33. The van der Waals surface area contributed by atoms with Gasteiger partial charge in [-0.25, -0.2) is 0 Å². The van der Waals surface area contributed by atoms with Crippen LogP contribution in [0.25, 0.3) is 0 Å². The molecule has 1 fully saturated rings. The minimum atomic E-state index is -0.0655. The summed E-state index contributed by atoms with van der Waals surface area (Å²) in [7, 11) is 0. The van der Waals surface area contributed by atoms with Crippen LogP contribution in [-0.2, 0) is 9.53 Å². The van der Waals surface area contributed by atoms with Crippen LogP contribution in [0.15, 0.2) is 0 Å². The summed E-state index contributed by atoms with van der Waals surface area (Å²) >= 11 is 1.91. The van der Waals surface area contributed by atoms with E-state index in [1.165, 1.54) is 25.0 Å². The number of carbonyl (C=O) groups is 1. The number of nitrogens with zero attached hydrogens (tertiary/aromatic N) is 1. The van der Waals surface area contributed by atoms with Crippen molar-refractivity contribution >= 4 is 17.7 Å². The molecule has 1 heterocycles. The van der Waals surface area contributed by atoms with E-state index in [2.05, 4.69) is 11.6 Å². The predicted molar refractivity (Wildman–Crippen MR) is 81.7 cm³/mol. The van der Waals surface area contributed by atoms with Crippen molar-refractivity contribution in [2.24, 2.45) is 0 Å². The van der Waals surface area contributed by atoms with E-state index in [0.717, 1.165) is 26.1 Å². The molecule has 19 heavy (non-hydrogen) atoms. The zero-order valence-corrected chi connectivity index (χ0v) is 13.1. The van der Waals surface area contributed by atoms with Crippen molar-refractivity contribution in [1.29, 1.82) is 0 Å². The van der Waals surface area contributed by atoms with Gasteiger partial charge in [0.15, 0.2) is 0 Å². The third-order valence-electron chi connectivity index (χ3n) is 3.42. The van der Waals surface area contributed by atoms with Crippen LogP contribution < -0.4 is 5.32 Å². The number of rotatable bonds is 9. The van der Waals surface area contributed by atoms with Crippen LogP contribution in [0.1, 0.15) is 32.6 Å². The summed E-state index contributed by atoms with van der Waals surface area (Å²) < 4.78 is 5.26. The molecule has 0 aliphatic carbocycles. The molecule has 112 valence electrons. The molecular formula is C14H28N2O2S. The number of amides is 1. The lowest BCUT2D eigenvalue weighted by atomic mass is 10.2. The number of nitrogens with one attached hydrogen (secondary N) is 1. The molecule has 4 nitrogen and oxygen atoms in total. The van der Waals surface area contributed by atoms with Crippen molar-refractivity contribution in [1.82, 2.24) is 10.2 Å². The maximum Gasteiger partial charge on any atom is 0.239 e. The van der Waals surface area contributed by atoms with Crippen molar-refractivity contribution in [3.63, 3.8) is 0 Å². The van der Waals surface area contributed by atoms with Gasteiger partial charge in [-0.15, -0.1) is 0 Å². The Bertz CT molecular complexity index is 246. The molecular weight excluding hydrogens is 260 g/mol. The molecule has 1 rings (SSSR count). The van der Waals surface area contributed by atoms with E-state index in [-0.39, 0.29) is 11.9 Å². The van der Waals surface area contributed by atoms with Gasteiger partial charge in [-0.2, -0.15) is 11.8 Å². The van der Waals surface area contributed by atoms with Crippen LogP contribution in [0.2, 0.25) is 0 Å². The molecule has 1 N–H and O–H groups in total. The summed E-state index contributed by atoms with van der Waals surface area (Å²) in [5.74, 6) is 1.48. The van der Waals surface area contributed by atoms with Crippen LogP contribution >= 0.6 is 11.8 Å². The van der Waals surface area contributed by atoms with Gasteiger partial charge in [0.05, 0.1) is 19.3 Å². The molecule has 1 aliphatic rings. The quantitative estimate of drug-likeness (QED) is 0.656. The first-order valence-corrected chi connectivity index (χ1v) is 8.74. The van der Waals surface area contributed by atoms with Crippen molar-refractivity contribution in [3.05, 3.63) is 0 Å². The highest BCUT2D eigenvalue weighted by Gasteiger charge is 2.21. The Morgan fingerprint density at radius 2 is 1.95 bits per heavy atom. The largest absolute Gasteiger partial charge is 0.378 e. The summed E-state index contributed by atoms with van der Waals surface area (Å²) in [6.45, 7) is 5.73. The minimum Gasteiger partial charge on any atom is -0.378 e. The molecule has 0 bridgehead atoms. The molecule has 0 aromatic rings. The fourth-order valence-electron chi connectivity index (χ4n) is 2.19. The first-order valence-electron chi connectivity index (χ1n) is 7.34. The molecule has 1 saturated heterocycles. The molecule has 0 radical (unpaired) electrons. The van der Waals surface area contributed by atoms with Crippen molar-refractivity contribution in [2.45, 2.75) is 38.6 Å². The highest BCUT2D eigenvalue weighted by atomic mass is 32.2. The monoisotopic (exact) mass is 288 g/mol. The summed E-state index contributed by atoms with van der Waals surface area (Å²) in [4.78, 5) is 14.0. The second kappa shape index (κ2) is 10.5. The smallest absolute Gasteiger partial charge is 0.239 e. The molecule has 0 aromatic heterocycles. The second-order valence-corrected chi connectivity index (χ2v) is 6.01. The maximum absolute atomic E-state index is 12.1. The Labute approximate surface area is 121 Å². The Morgan fingerprint density at radius 1 is 1.26 bits per heavy atom. The lowest BCUT2D eigenvalue weighted by Crippen LogP contribution is -2.49. The van der Waals surface area contributed by atoms with E-state index in [1.807, 2.05) is 23.6 Å². The van der Waals surface area contributed by atoms with Gasteiger partial charge in [0, 0.05) is 13.1 Å². The SMILES string of the molecule is CSCCCCCCNC(C)C(=O)N1CCOCC1. The molecule has 5 heteroatoms. The number of unbranched alkanes of at least 4 members (excludes halogenated alkanes) is 3. The highest BCUT2D eigenvalue weighted by molar-refractivity contribution is 7.98. The molecule has 1 atom stereocenters. The molecule has 0 spiro atoms. The third-order valence-corrected chi connectivity index (χ3v) is 4.12. The van der Waals surface area contributed by atoms with Crippen molar-refractivity contribution in [2.75, 3.05) is 44.9 Å². The normalized spacial score (nSPS) is 17.5. The molecule has 1 aliphatic heterocycles. The van der Waals surface area contributed by atoms with Crippen LogP contribution in [0.3, 0.4) is 0 Å². The van der Waals surface area contributed by atoms with Gasteiger partial charge in [-0.05, 0) is 38.3 Å². The van der Waals surface area contributed by atoms with Gasteiger partial charge in [0.2, 0.25) is 5.91 Å². The first-order chi connectivity index (χ1) is 9.25. The lowest BCUT2D eigenvalue weighted by molar-refractivity contribution is -0.137. The first kappa shape index (κ1) is 16.8. The van der Waals surface area contributed by atoms with Crippen LogP contribution in [-0.4, -0.2) is 61.7 Å². The van der Waals surface area contributed by atoms with Crippen LogP contribution in [0.5, 0.6) is 0 Å². The second-order valence-electron chi connectivity index (χ2n) is 5.02. The van der Waals surface area contributed by atoms with E-state index in [9.17, 15) is 4.79 Å². The zero-order chi connectivity index (χ0) is 13.9. The van der Waals surface area contributed by atoms with E-state index < -0.39 is 0 Å². The zero-order valence-electron chi connectivity index (χ0n) is 12.3. The van der Waals surface area contributed by atoms with Gasteiger partial charge in [-0.3, -0.25) is 4.79 Å². The number of morpholine rings is 1. The topological polar surface area (TPSA) is 41.6 Å². The van der Waals surface area contributed by atoms with Gasteiger partial charge in [-0.1, -0.05) is 12.8 Å². The molecule has 1 unspecified atom stereocenters. The highest BCUT2D eigenvalue weighted by Crippen LogP contribution is 2.05. The van der Waals surface area contributed by atoms with E-state index in [0.29, 0.717) is 13.2 Å². The van der Waals surface area contributed by atoms with Crippen LogP contribution in [0.4, 0.5) is 0 Å². The Morgan fingerprint density at radius 3 is 2.63 bits per heavy atom. The third kappa shape index (κ3) is 7.18. The molecule has 0 saturated carbocycles. The summed E-state index contributed by atoms with van der Waals surface area (Å²) in [6, 6.07) is -0.0655. The van der Waals surface area contributed by atoms with Crippen molar-refractivity contribution < 1.29 is 9.53 Å². The standard InChI is InChI=1S/C14H28N2O2S/c1-13(14(17)16-8-10-18-11-9-16)15-7-5-3-4-6-12-19-2/h13,15H,3-12H2,1-2H3. The Hall–Kier alpha value is -0.260. The number of hydrogen-bond acceptors (Lipinski definition) is 4. The number of carbonyl (C=O) groups excluding carboxylic acids is 1. The van der Waals surface area contributed by atoms with E-state index in [1.54, 1.807) is 0 Å². The summed E-state index contributed by atoms with van der Waals surface area (Å²) in [5.41, 5.74) is 0. The molecule has 0 aromatic carbocycles. The average Bonchev–Trinajstić information content (AvgIpc) is 2.46. The lowest BCUT2D eigenvalue weighted by Gasteiger charge is -2.29. The number of hydrogen-bond donors (Lipinski definition) is 1. The van der Waals surface area contributed by atoms with Gasteiger partial charge >= 0.3 is 0 Å². The Kier molecular flexibility index (Phi) is 9.30. The number of ether oxygens (including phenoxy) is 1. The minimum absolute atomic E-state index is 0.0655. The predicted octanol–water partition coefficient (Wildman–Crippen LogP) is 1.75. The fraction of sp³-hybridized carbons (Fsp3) is 0.929. The van der Waals surface area contributed by atoms with E-state index in [4.69, 9.17) is 4.74 Å². The maximum atomic E-state index is 12.1. The van der Waals surface area contributed by atoms with Gasteiger partial charge in [0.1, 0.15) is 0 Å². The van der Waals surface area contributed by atoms with Gasteiger partial charge in [0.25, 0.3) is 0 Å². The number of thioether (sulfide) groups is 1. The summed E-state index contributed by atoms with van der Waals surface area (Å²) in [6.07, 6.45) is 7.18. The fourth-order valence-corrected chi connectivity index (χ4v) is 2.68. The van der Waals surface area contributed by atoms with Gasteiger partial charge < -0.3 is 15.0 Å².